The van der Waals surface area contributed by atoms with Crippen molar-refractivity contribution >= 4 is 28.6 Å². The minimum atomic E-state index is -0.476. The quantitative estimate of drug-likeness (QED) is 0.848. The maximum Gasteiger partial charge on any atom is 0.373 e. The molecule has 0 atom stereocenters. The van der Waals surface area contributed by atoms with Gasteiger partial charge in [-0.1, -0.05) is 19.9 Å². The lowest BCUT2D eigenvalue weighted by molar-refractivity contribution is -0.191. The Morgan fingerprint density at radius 3 is 2.54 bits per heavy atom. The van der Waals surface area contributed by atoms with Crippen molar-refractivity contribution in [2.45, 2.75) is 40.2 Å². The summed E-state index contributed by atoms with van der Waals surface area (Å²) in [6.45, 7) is 9.86. The molecule has 3 N–H and O–H groups in total. The van der Waals surface area contributed by atoms with Crippen LogP contribution in [0.15, 0.2) is 24.3 Å². The number of anilines is 1. The largest absolute Gasteiger partial charge is 0.490 e. The maximum atomic E-state index is 11.9. The minimum Gasteiger partial charge on any atom is -0.490 e. The third-order valence-corrected chi connectivity index (χ3v) is 3.53. The lowest BCUT2D eigenvalue weighted by Crippen LogP contribution is -2.49. The van der Waals surface area contributed by atoms with E-state index in [1.165, 1.54) is 0 Å². The molecule has 2 rings (SSSR count). The van der Waals surface area contributed by atoms with Gasteiger partial charge in [0.15, 0.2) is 0 Å². The lowest BCUT2D eigenvalue weighted by atomic mass is 10.1. The van der Waals surface area contributed by atoms with Crippen LogP contribution >= 0.6 is 0 Å². The first-order valence-corrected chi connectivity index (χ1v) is 8.21. The smallest absolute Gasteiger partial charge is 0.373 e. The van der Waals surface area contributed by atoms with E-state index >= 15 is 0 Å². The van der Waals surface area contributed by atoms with Gasteiger partial charge in [0, 0.05) is 17.3 Å². The molecule has 0 spiro atoms. The molecule has 26 heavy (non-hydrogen) atoms. The molecule has 0 fully saturated rings. The monoisotopic (exact) mass is 359 g/mol. The van der Waals surface area contributed by atoms with Crippen molar-refractivity contribution in [3.8, 4) is 5.75 Å². The number of aromatic nitrogens is 1. The number of nitrogens with two attached hydrogens (primary N) is 1. The SMILES string of the molecule is Cc1cc(N)c2c(OCC(C)(C)NC(=O)C(C)C)cccc2n1.O=C=O. The molecule has 7 heteroatoms. The van der Waals surface area contributed by atoms with Crippen LogP contribution in [0, 0.1) is 12.8 Å². The first-order valence-electron chi connectivity index (χ1n) is 8.21. The first-order chi connectivity index (χ1) is 12.1. The molecule has 140 valence electrons. The van der Waals surface area contributed by atoms with Crippen LogP contribution in [0.1, 0.15) is 33.4 Å². The maximum absolute atomic E-state index is 11.9. The number of hydrogen-bond acceptors (Lipinski definition) is 6. The number of rotatable bonds is 5. The average Bonchev–Trinajstić information content (AvgIpc) is 2.52. The second-order valence-corrected chi connectivity index (χ2v) is 6.90. The van der Waals surface area contributed by atoms with E-state index in [1.54, 1.807) is 0 Å². The number of carbonyl (C=O) groups excluding carboxylic acids is 3. The van der Waals surface area contributed by atoms with E-state index < -0.39 is 5.54 Å². The number of nitrogen functional groups attached to an aromatic ring is 1. The molecule has 0 saturated heterocycles. The van der Waals surface area contributed by atoms with Gasteiger partial charge in [-0.15, -0.1) is 0 Å². The molecule has 0 bridgehead atoms. The van der Waals surface area contributed by atoms with Crippen molar-refractivity contribution in [2.24, 2.45) is 5.92 Å². The Morgan fingerprint density at radius 2 is 1.96 bits per heavy atom. The highest BCUT2D eigenvalue weighted by Crippen LogP contribution is 2.30. The van der Waals surface area contributed by atoms with Gasteiger partial charge in [-0.05, 0) is 39.0 Å². The number of hydrogen-bond donors (Lipinski definition) is 2. The van der Waals surface area contributed by atoms with Crippen molar-refractivity contribution in [1.82, 2.24) is 10.3 Å². The van der Waals surface area contributed by atoms with Gasteiger partial charge in [-0.3, -0.25) is 9.78 Å². The van der Waals surface area contributed by atoms with E-state index in [2.05, 4.69) is 10.3 Å². The third kappa shape index (κ3) is 5.86. The van der Waals surface area contributed by atoms with Crippen molar-refractivity contribution in [2.75, 3.05) is 12.3 Å². The van der Waals surface area contributed by atoms with Crippen LogP contribution < -0.4 is 15.8 Å². The molecule has 0 aliphatic carbocycles. The summed E-state index contributed by atoms with van der Waals surface area (Å²) < 4.78 is 5.95. The summed E-state index contributed by atoms with van der Waals surface area (Å²) in [7, 11) is 0. The van der Waals surface area contributed by atoms with Crippen molar-refractivity contribution in [3.63, 3.8) is 0 Å². The highest BCUT2D eigenvalue weighted by molar-refractivity contribution is 5.95. The summed E-state index contributed by atoms with van der Waals surface area (Å²) in [5.74, 6) is 0.627. The fourth-order valence-corrected chi connectivity index (χ4v) is 2.31. The van der Waals surface area contributed by atoms with Gasteiger partial charge in [-0.2, -0.15) is 9.59 Å². The van der Waals surface area contributed by atoms with E-state index in [0.717, 1.165) is 16.6 Å². The fourth-order valence-electron chi connectivity index (χ4n) is 2.31. The molecule has 0 aliphatic rings. The number of carbonyl (C=O) groups is 1. The fraction of sp³-hybridized carbons (Fsp3) is 0.421. The van der Waals surface area contributed by atoms with Gasteiger partial charge >= 0.3 is 6.15 Å². The van der Waals surface area contributed by atoms with Crippen molar-refractivity contribution in [3.05, 3.63) is 30.0 Å². The Morgan fingerprint density at radius 1 is 1.35 bits per heavy atom. The van der Waals surface area contributed by atoms with Crippen LogP contribution in [0.2, 0.25) is 0 Å². The number of nitrogens with zero attached hydrogens (tertiary/aromatic N) is 1. The van der Waals surface area contributed by atoms with Gasteiger partial charge < -0.3 is 15.8 Å². The van der Waals surface area contributed by atoms with E-state index in [1.807, 2.05) is 58.9 Å². The zero-order valence-corrected chi connectivity index (χ0v) is 15.8. The summed E-state index contributed by atoms with van der Waals surface area (Å²) in [5.41, 5.74) is 7.98. The number of aryl methyl sites for hydroxylation is 1. The van der Waals surface area contributed by atoms with Gasteiger partial charge in [0.2, 0.25) is 5.91 Å². The number of fused-ring (bicyclic) bond motifs is 1. The van der Waals surface area contributed by atoms with Crippen LogP contribution in [0.25, 0.3) is 10.9 Å². The molecule has 1 aromatic heterocycles. The van der Waals surface area contributed by atoms with Gasteiger partial charge in [0.1, 0.15) is 12.4 Å². The zero-order chi connectivity index (χ0) is 19.9. The Bertz CT molecular complexity index is 810. The topological polar surface area (TPSA) is 111 Å². The van der Waals surface area contributed by atoms with Crippen LogP contribution in [0.3, 0.4) is 0 Å². The second-order valence-electron chi connectivity index (χ2n) is 6.90. The third-order valence-electron chi connectivity index (χ3n) is 3.53. The number of benzene rings is 1. The second kappa shape index (κ2) is 8.97. The standard InChI is InChI=1S/C18H25N3O2.CO2/c1-11(2)17(22)21-18(4,5)10-23-15-8-6-7-14-16(15)13(19)9-12(3)20-14;2-1-3/h6-9,11H,10H2,1-5H3,(H2,19,20)(H,21,22);. The lowest BCUT2D eigenvalue weighted by Gasteiger charge is -2.27. The van der Waals surface area contributed by atoms with Crippen LogP contribution in [-0.2, 0) is 14.4 Å². The summed E-state index contributed by atoms with van der Waals surface area (Å²) in [4.78, 5) is 32.6. The molecule has 1 aromatic carbocycles. The summed E-state index contributed by atoms with van der Waals surface area (Å²) in [6.07, 6.45) is 0.250. The summed E-state index contributed by atoms with van der Waals surface area (Å²) in [5, 5.41) is 3.80. The summed E-state index contributed by atoms with van der Waals surface area (Å²) in [6, 6.07) is 7.51. The Balaban J connectivity index is 0.00000105. The number of ether oxygens (including phenoxy) is 1. The molecule has 0 unspecified atom stereocenters. The Labute approximate surface area is 152 Å². The molecule has 1 amide bonds. The molecular weight excluding hydrogens is 334 g/mol. The van der Waals surface area contributed by atoms with E-state index in [9.17, 15) is 4.79 Å². The van der Waals surface area contributed by atoms with Gasteiger partial charge in [-0.25, -0.2) is 0 Å². The van der Waals surface area contributed by atoms with Crippen LogP contribution in [-0.4, -0.2) is 29.2 Å². The Kier molecular flexibility index (Phi) is 7.28. The zero-order valence-electron chi connectivity index (χ0n) is 15.8. The van der Waals surface area contributed by atoms with Crippen molar-refractivity contribution in [1.29, 1.82) is 0 Å². The van der Waals surface area contributed by atoms with E-state index in [-0.39, 0.29) is 18.0 Å². The molecule has 0 aliphatic heterocycles. The molecule has 1 heterocycles. The molecule has 0 radical (unpaired) electrons. The highest BCUT2D eigenvalue weighted by Gasteiger charge is 2.23. The summed E-state index contributed by atoms with van der Waals surface area (Å²) >= 11 is 0. The van der Waals surface area contributed by atoms with Crippen LogP contribution in [0.4, 0.5) is 5.69 Å². The van der Waals surface area contributed by atoms with Gasteiger partial charge in [0.05, 0.1) is 16.4 Å². The molecule has 7 nitrogen and oxygen atoms in total. The normalized spacial score (nSPS) is 10.7. The number of pyridine rings is 1. The predicted molar refractivity (Wildman–Crippen MR) is 98.5 cm³/mol. The van der Waals surface area contributed by atoms with E-state index in [4.69, 9.17) is 20.1 Å². The minimum absolute atomic E-state index is 0.00771. The highest BCUT2D eigenvalue weighted by atomic mass is 16.5. The molecule has 0 saturated carbocycles. The average molecular weight is 359 g/mol. The number of amides is 1. The van der Waals surface area contributed by atoms with Gasteiger partial charge in [0.25, 0.3) is 0 Å². The number of nitrogens with one attached hydrogen (secondary N) is 1. The van der Waals surface area contributed by atoms with Crippen molar-refractivity contribution < 1.29 is 19.1 Å². The van der Waals surface area contributed by atoms with E-state index in [0.29, 0.717) is 18.0 Å². The Hall–Kier alpha value is -2.92. The molecular formula is C19H25N3O4. The predicted octanol–water partition coefficient (Wildman–Crippen LogP) is 2.47. The first kappa shape index (κ1) is 21.1. The molecule has 2 aromatic rings. The van der Waals surface area contributed by atoms with Crippen LogP contribution in [0.5, 0.6) is 5.75 Å².